The Morgan fingerprint density at radius 2 is 1.63 bits per heavy atom. The summed E-state index contributed by atoms with van der Waals surface area (Å²) < 4.78 is 0. The van der Waals surface area contributed by atoms with Crippen molar-refractivity contribution in [3.8, 4) is 0 Å². The van der Waals surface area contributed by atoms with Crippen LogP contribution in [0.1, 0.15) is 81.5 Å². The first-order chi connectivity index (χ1) is 21.7. The van der Waals surface area contributed by atoms with Crippen LogP contribution in [-0.4, -0.2) is 67.9 Å². The van der Waals surface area contributed by atoms with Gasteiger partial charge < -0.3 is 36.3 Å². The molecule has 1 fully saturated rings. The standard InChI is InChI=1S/C33H44N4O7S2/c1-14-19(6-8-26(38)39)24(34-22(14)12-23-17(4)28(18(5)46)33(44)36-23)13-25-20(7-9-27(40)41)15(2)29(35-25)31(42)30-21(10-11-45)16(3)32(43)37-30/h13,16,21-23,30-31,34-35,42,45-46H,5-12H2,1-4H3,(H,36,44)(H,37,43)(H,38,39)(H,40,41)/b24-13+/t16-,21-,22?,23-,30?,31+/m1/s1. The summed E-state index contributed by atoms with van der Waals surface area (Å²) in [6, 6.07) is -1.03. The van der Waals surface area contributed by atoms with Crippen molar-refractivity contribution >= 4 is 55.1 Å². The van der Waals surface area contributed by atoms with E-state index in [2.05, 4.69) is 52.8 Å². The number of carbonyl (C=O) groups is 4. The molecule has 3 aliphatic rings. The van der Waals surface area contributed by atoms with Crippen molar-refractivity contribution in [3.63, 3.8) is 0 Å². The van der Waals surface area contributed by atoms with E-state index in [-0.39, 0.29) is 61.4 Å². The highest BCUT2D eigenvalue weighted by Gasteiger charge is 2.44. The van der Waals surface area contributed by atoms with Crippen LogP contribution in [0.4, 0.5) is 0 Å². The van der Waals surface area contributed by atoms with Crippen LogP contribution in [0.3, 0.4) is 0 Å². The highest BCUT2D eigenvalue weighted by atomic mass is 32.1. The average molecular weight is 673 g/mol. The number of carboxylic acid groups (broad SMARTS) is 2. The lowest BCUT2D eigenvalue weighted by molar-refractivity contribution is -0.138. The fraction of sp³-hybridized carbons (Fsp3) is 0.515. The van der Waals surface area contributed by atoms with E-state index in [1.807, 2.05) is 33.8 Å². The molecule has 1 aromatic rings. The van der Waals surface area contributed by atoms with Crippen LogP contribution in [0.15, 0.2) is 39.5 Å². The maximum atomic E-state index is 12.6. The fourth-order valence-electron chi connectivity index (χ4n) is 7.03. The number of hydrogen-bond acceptors (Lipinski definition) is 8. The van der Waals surface area contributed by atoms with Gasteiger partial charge in [0.05, 0.1) is 17.7 Å². The summed E-state index contributed by atoms with van der Waals surface area (Å²) in [4.78, 5) is 52.1. The van der Waals surface area contributed by atoms with Gasteiger partial charge in [-0.2, -0.15) is 12.6 Å². The van der Waals surface area contributed by atoms with Crippen molar-refractivity contribution in [1.82, 2.24) is 20.9 Å². The number of hydrogen-bond donors (Lipinski definition) is 9. The van der Waals surface area contributed by atoms with Gasteiger partial charge in [0, 0.05) is 46.8 Å². The number of aliphatic hydroxyl groups is 1. The molecule has 0 radical (unpaired) electrons. The maximum absolute atomic E-state index is 12.6. The quantitative estimate of drug-likeness (QED) is 0.135. The molecule has 0 saturated carbocycles. The summed E-state index contributed by atoms with van der Waals surface area (Å²) in [5.41, 5.74) is 6.26. The van der Waals surface area contributed by atoms with E-state index in [0.29, 0.717) is 57.3 Å². The largest absolute Gasteiger partial charge is 0.481 e. The monoisotopic (exact) mass is 672 g/mol. The molecule has 0 aromatic carbocycles. The summed E-state index contributed by atoms with van der Waals surface area (Å²) >= 11 is 8.64. The van der Waals surface area contributed by atoms with E-state index >= 15 is 0 Å². The van der Waals surface area contributed by atoms with Gasteiger partial charge in [-0.1, -0.05) is 13.5 Å². The zero-order chi connectivity index (χ0) is 34.0. The molecular formula is C33H44N4O7S2. The number of thiol groups is 2. The Kier molecular flexibility index (Phi) is 11.2. The third kappa shape index (κ3) is 7.26. The lowest BCUT2D eigenvalue weighted by Gasteiger charge is -2.25. The highest BCUT2D eigenvalue weighted by molar-refractivity contribution is 7.84. The van der Waals surface area contributed by atoms with Crippen LogP contribution in [-0.2, 0) is 25.6 Å². The number of nitrogens with one attached hydrogen (secondary N) is 4. The Bertz CT molecular complexity index is 1540. The summed E-state index contributed by atoms with van der Waals surface area (Å²) in [5.74, 6) is -2.13. The van der Waals surface area contributed by atoms with Crippen LogP contribution in [0, 0.1) is 18.8 Å². The van der Waals surface area contributed by atoms with E-state index < -0.39 is 24.1 Å². The minimum atomic E-state index is -1.07. The summed E-state index contributed by atoms with van der Waals surface area (Å²) in [5, 5.41) is 40.1. The SMILES string of the molecule is C=C(S)C1=C(C)[C@@H](CC2N/C(=C/c3[nH]c([C@H](O)C4NC(=O)[C@H](C)[C@H]4CCS)c(C)c3CCC(=O)O)C(CCC(=O)O)=C2C)NC1=O. The van der Waals surface area contributed by atoms with Gasteiger partial charge in [0.1, 0.15) is 6.10 Å². The Balaban J connectivity index is 1.73. The molecule has 0 spiro atoms. The first-order valence-corrected chi connectivity index (χ1v) is 16.6. The Morgan fingerprint density at radius 1 is 1.00 bits per heavy atom. The average Bonchev–Trinajstić information content (AvgIpc) is 3.64. The first-order valence-electron chi connectivity index (χ1n) is 15.5. The second-order valence-corrected chi connectivity index (χ2v) is 13.5. The number of aliphatic hydroxyl groups excluding tert-OH is 1. The summed E-state index contributed by atoms with van der Waals surface area (Å²) in [7, 11) is 0. The molecule has 2 unspecified atom stereocenters. The van der Waals surface area contributed by atoms with Crippen molar-refractivity contribution in [3.05, 3.63) is 62.0 Å². The van der Waals surface area contributed by atoms with Crippen molar-refractivity contribution in [1.29, 1.82) is 0 Å². The van der Waals surface area contributed by atoms with Gasteiger partial charge in [-0.25, -0.2) is 0 Å². The smallest absolute Gasteiger partial charge is 0.303 e. The van der Waals surface area contributed by atoms with Gasteiger partial charge in [-0.15, -0.1) is 12.6 Å². The number of amides is 2. The molecule has 7 N–H and O–H groups in total. The number of aliphatic carboxylic acids is 2. The van der Waals surface area contributed by atoms with Gasteiger partial charge in [-0.3, -0.25) is 19.2 Å². The first kappa shape index (κ1) is 35.4. The van der Waals surface area contributed by atoms with Crippen LogP contribution >= 0.6 is 25.3 Å². The van der Waals surface area contributed by atoms with Crippen LogP contribution in [0.2, 0.25) is 0 Å². The Hall–Kier alpha value is -3.42. The van der Waals surface area contributed by atoms with Crippen molar-refractivity contribution in [2.75, 3.05) is 5.75 Å². The zero-order valence-electron chi connectivity index (χ0n) is 26.6. The van der Waals surface area contributed by atoms with Crippen LogP contribution in [0.25, 0.3) is 6.08 Å². The molecule has 2 amide bonds. The molecule has 6 atom stereocenters. The van der Waals surface area contributed by atoms with Gasteiger partial charge in [0.2, 0.25) is 5.91 Å². The van der Waals surface area contributed by atoms with Crippen LogP contribution in [0.5, 0.6) is 0 Å². The second kappa shape index (κ2) is 14.6. The number of carbonyl (C=O) groups excluding carboxylic acids is 2. The van der Waals surface area contributed by atoms with E-state index in [4.69, 9.17) is 0 Å². The van der Waals surface area contributed by atoms with Gasteiger partial charge >= 0.3 is 11.9 Å². The minimum Gasteiger partial charge on any atom is -0.481 e. The number of H-pyrrole nitrogens is 1. The summed E-state index contributed by atoms with van der Waals surface area (Å²) in [6.07, 6.45) is 2.15. The van der Waals surface area contributed by atoms with E-state index in [0.717, 1.165) is 16.7 Å². The molecule has 11 nitrogen and oxygen atoms in total. The predicted octanol–water partition coefficient (Wildman–Crippen LogP) is 3.59. The number of carboxylic acids is 2. The molecule has 4 heterocycles. The third-order valence-electron chi connectivity index (χ3n) is 9.70. The third-order valence-corrected chi connectivity index (χ3v) is 10.2. The molecule has 46 heavy (non-hydrogen) atoms. The van der Waals surface area contributed by atoms with E-state index in [1.54, 1.807) is 0 Å². The molecule has 1 saturated heterocycles. The molecule has 250 valence electrons. The number of rotatable bonds is 14. The normalized spacial score (nSPS) is 26.1. The number of allylic oxidation sites excluding steroid dienone is 1. The molecular weight excluding hydrogens is 629 g/mol. The van der Waals surface area contributed by atoms with Crippen molar-refractivity contribution in [2.24, 2.45) is 11.8 Å². The lowest BCUT2D eigenvalue weighted by Crippen LogP contribution is -2.36. The Labute approximate surface area is 279 Å². The topological polar surface area (TPSA) is 181 Å². The zero-order valence-corrected chi connectivity index (χ0v) is 28.4. The molecule has 4 rings (SSSR count). The van der Waals surface area contributed by atoms with Gasteiger partial charge in [0.25, 0.3) is 5.91 Å². The predicted molar refractivity (Wildman–Crippen MR) is 181 cm³/mol. The van der Waals surface area contributed by atoms with E-state index in [9.17, 15) is 34.5 Å². The molecule has 13 heteroatoms. The second-order valence-electron chi connectivity index (χ2n) is 12.5. The van der Waals surface area contributed by atoms with Gasteiger partial charge in [0.15, 0.2) is 0 Å². The molecule has 0 bridgehead atoms. The van der Waals surface area contributed by atoms with Crippen molar-refractivity contribution < 1.29 is 34.5 Å². The maximum Gasteiger partial charge on any atom is 0.303 e. The fourth-order valence-corrected chi connectivity index (χ4v) is 7.61. The van der Waals surface area contributed by atoms with Crippen molar-refractivity contribution in [2.45, 2.75) is 90.4 Å². The van der Waals surface area contributed by atoms with Crippen LogP contribution < -0.4 is 16.0 Å². The minimum absolute atomic E-state index is 0.0905. The van der Waals surface area contributed by atoms with Gasteiger partial charge in [-0.05, 0) is 92.0 Å². The number of aromatic amines is 1. The Morgan fingerprint density at radius 3 is 2.22 bits per heavy atom. The molecule has 0 aliphatic carbocycles. The number of aromatic nitrogens is 1. The molecule has 3 aliphatic heterocycles. The highest BCUT2D eigenvalue weighted by Crippen LogP contribution is 2.38. The molecule has 1 aromatic heterocycles. The summed E-state index contributed by atoms with van der Waals surface area (Å²) in [6.45, 7) is 11.3. The van der Waals surface area contributed by atoms with E-state index in [1.165, 1.54) is 0 Å². The lowest BCUT2D eigenvalue weighted by atomic mass is 9.85.